The van der Waals surface area contributed by atoms with Crippen molar-refractivity contribution >= 4 is 17.1 Å². The fourth-order valence-corrected chi connectivity index (χ4v) is 2.89. The van der Waals surface area contributed by atoms with E-state index in [1.165, 1.54) is 36.4 Å². The number of nitrogen functional groups attached to an aromatic ring is 3. The first-order valence-electron chi connectivity index (χ1n) is 9.71. The van der Waals surface area contributed by atoms with Gasteiger partial charge in [0.25, 0.3) is 0 Å². The van der Waals surface area contributed by atoms with Crippen molar-refractivity contribution in [2.75, 3.05) is 17.2 Å². The third-order valence-electron chi connectivity index (χ3n) is 4.57. The van der Waals surface area contributed by atoms with Gasteiger partial charge in [-0.05, 0) is 36.4 Å². The molecule has 168 valence electrons. The maximum atomic E-state index is 9.85. The topological polar surface area (TPSA) is 166 Å². The monoisotopic (exact) mass is 447 g/mol. The third-order valence-corrected chi connectivity index (χ3v) is 4.57. The van der Waals surface area contributed by atoms with E-state index in [1.54, 1.807) is 36.4 Å². The minimum absolute atomic E-state index is 0.119. The van der Waals surface area contributed by atoms with Crippen LogP contribution in [0.4, 0.5) is 17.1 Å². The molecule has 9 N–H and O–H groups in total. The molecule has 33 heavy (non-hydrogen) atoms. The number of hydrogen-bond acceptors (Lipinski definition) is 9. The van der Waals surface area contributed by atoms with Crippen LogP contribution in [0.1, 0.15) is 0 Å². The van der Waals surface area contributed by atoms with Crippen molar-refractivity contribution in [2.24, 2.45) is 0 Å². The fourth-order valence-electron chi connectivity index (χ4n) is 2.89. The molecule has 0 aromatic heterocycles. The maximum absolute atomic E-state index is 9.85. The summed E-state index contributed by atoms with van der Waals surface area (Å²) in [6, 6.07) is 18.2. The van der Waals surface area contributed by atoms with E-state index in [0.717, 1.165) is 0 Å². The maximum Gasteiger partial charge on any atom is 0.142 e. The molecule has 0 saturated heterocycles. The van der Waals surface area contributed by atoms with E-state index in [-0.39, 0.29) is 34.3 Å². The van der Waals surface area contributed by atoms with Crippen LogP contribution in [0, 0.1) is 0 Å². The highest BCUT2D eigenvalue weighted by Crippen LogP contribution is 2.38. The number of benzene rings is 4. The van der Waals surface area contributed by atoms with Crippen LogP contribution in [-0.4, -0.2) is 15.3 Å². The van der Waals surface area contributed by atoms with Gasteiger partial charge < -0.3 is 46.7 Å². The molecule has 0 heterocycles. The Labute approximate surface area is 188 Å². The van der Waals surface area contributed by atoms with Crippen LogP contribution in [0.25, 0.3) is 0 Å². The number of anilines is 3. The normalized spacial score (nSPS) is 10.5. The van der Waals surface area contributed by atoms with Crippen molar-refractivity contribution in [1.29, 1.82) is 0 Å². The third kappa shape index (κ3) is 5.05. The van der Waals surface area contributed by atoms with E-state index in [0.29, 0.717) is 34.5 Å². The minimum Gasteiger partial charge on any atom is -0.506 e. The first-order valence-corrected chi connectivity index (χ1v) is 9.71. The Hall–Kier alpha value is -4.92. The summed E-state index contributed by atoms with van der Waals surface area (Å²) in [6.07, 6.45) is 0. The van der Waals surface area contributed by atoms with Gasteiger partial charge in [-0.3, -0.25) is 0 Å². The Morgan fingerprint density at radius 2 is 0.667 bits per heavy atom. The first kappa shape index (κ1) is 21.3. The molecule has 0 aliphatic rings. The first-order chi connectivity index (χ1) is 15.8. The second kappa shape index (κ2) is 8.67. The molecule has 0 unspecified atom stereocenters. The highest BCUT2D eigenvalue weighted by atomic mass is 16.5. The molecular weight excluding hydrogens is 426 g/mol. The van der Waals surface area contributed by atoms with Gasteiger partial charge in [0.15, 0.2) is 0 Å². The smallest absolute Gasteiger partial charge is 0.142 e. The van der Waals surface area contributed by atoms with Gasteiger partial charge in [-0.2, -0.15) is 0 Å². The van der Waals surface area contributed by atoms with Gasteiger partial charge in [-0.15, -0.1) is 0 Å². The van der Waals surface area contributed by atoms with Gasteiger partial charge in [-0.1, -0.05) is 0 Å². The summed E-state index contributed by atoms with van der Waals surface area (Å²) in [5.74, 6) is 1.62. The van der Waals surface area contributed by atoms with Crippen molar-refractivity contribution in [3.63, 3.8) is 0 Å². The number of rotatable bonds is 6. The zero-order valence-electron chi connectivity index (χ0n) is 17.2. The second-order valence-corrected chi connectivity index (χ2v) is 7.11. The summed E-state index contributed by atoms with van der Waals surface area (Å²) >= 11 is 0. The Morgan fingerprint density at radius 1 is 0.394 bits per heavy atom. The summed E-state index contributed by atoms with van der Waals surface area (Å²) in [6.45, 7) is 0. The van der Waals surface area contributed by atoms with Crippen LogP contribution >= 0.6 is 0 Å². The SMILES string of the molecule is Nc1ccc(Oc2cc(Oc3ccc(N)c(O)c3)cc(Oc3ccc(N)c(O)c3)c2)cc1O. The van der Waals surface area contributed by atoms with E-state index in [1.807, 2.05) is 0 Å². The van der Waals surface area contributed by atoms with Crippen LogP contribution < -0.4 is 31.4 Å². The number of hydrogen-bond donors (Lipinski definition) is 6. The number of nitrogens with two attached hydrogens (primary N) is 3. The van der Waals surface area contributed by atoms with E-state index >= 15 is 0 Å². The quantitative estimate of drug-likeness (QED) is 0.177. The van der Waals surface area contributed by atoms with Crippen molar-refractivity contribution in [3.05, 3.63) is 72.8 Å². The van der Waals surface area contributed by atoms with Crippen LogP contribution in [0.5, 0.6) is 51.7 Å². The molecule has 0 aliphatic heterocycles. The molecule has 0 atom stereocenters. The van der Waals surface area contributed by atoms with E-state index < -0.39 is 0 Å². The summed E-state index contributed by atoms with van der Waals surface area (Å²) in [5, 5.41) is 29.6. The lowest BCUT2D eigenvalue weighted by molar-refractivity contribution is 0.430. The van der Waals surface area contributed by atoms with E-state index in [4.69, 9.17) is 31.4 Å². The molecule has 0 radical (unpaired) electrons. The van der Waals surface area contributed by atoms with Crippen LogP contribution in [0.15, 0.2) is 72.8 Å². The number of phenols is 3. The highest BCUT2D eigenvalue weighted by Gasteiger charge is 2.11. The Balaban J connectivity index is 1.68. The number of aromatic hydroxyl groups is 3. The van der Waals surface area contributed by atoms with Gasteiger partial charge >= 0.3 is 0 Å². The van der Waals surface area contributed by atoms with Crippen molar-refractivity contribution < 1.29 is 29.5 Å². The Kier molecular flexibility index (Phi) is 5.60. The van der Waals surface area contributed by atoms with Crippen LogP contribution in [-0.2, 0) is 0 Å². The zero-order chi connectivity index (χ0) is 23.5. The lowest BCUT2D eigenvalue weighted by Crippen LogP contribution is -1.93. The molecule has 0 aliphatic carbocycles. The molecule has 0 saturated carbocycles. The summed E-state index contributed by atoms with van der Waals surface area (Å²) in [5.41, 5.74) is 17.6. The summed E-state index contributed by atoms with van der Waals surface area (Å²) < 4.78 is 17.5. The van der Waals surface area contributed by atoms with Gasteiger partial charge in [0.05, 0.1) is 17.1 Å². The van der Waals surface area contributed by atoms with Gasteiger partial charge in [0.2, 0.25) is 0 Å². The number of phenolic OH excluding ortho intramolecular Hbond substituents is 3. The van der Waals surface area contributed by atoms with Gasteiger partial charge in [-0.25, -0.2) is 0 Å². The molecule has 0 amide bonds. The number of ether oxygens (including phenoxy) is 3. The Bertz CT molecular complexity index is 1150. The highest BCUT2D eigenvalue weighted by molar-refractivity contribution is 5.58. The molecule has 9 heteroatoms. The molecule has 4 aromatic carbocycles. The van der Waals surface area contributed by atoms with Gasteiger partial charge in [0, 0.05) is 36.4 Å². The molecule has 0 spiro atoms. The predicted molar refractivity (Wildman–Crippen MR) is 124 cm³/mol. The van der Waals surface area contributed by atoms with Gasteiger partial charge in [0.1, 0.15) is 51.7 Å². The van der Waals surface area contributed by atoms with Crippen LogP contribution in [0.2, 0.25) is 0 Å². The zero-order valence-corrected chi connectivity index (χ0v) is 17.2. The minimum atomic E-state index is -0.119. The van der Waals surface area contributed by atoms with Crippen molar-refractivity contribution in [2.45, 2.75) is 0 Å². The summed E-state index contributed by atoms with van der Waals surface area (Å²) in [4.78, 5) is 0. The fraction of sp³-hybridized carbons (Fsp3) is 0. The average molecular weight is 447 g/mol. The second-order valence-electron chi connectivity index (χ2n) is 7.11. The molecule has 0 fully saturated rings. The molecular formula is C24H21N3O6. The standard InChI is InChI=1S/C24H21N3O6/c25-19-4-1-13(10-22(19)28)31-16-7-17(32-14-2-5-20(26)23(29)11-14)9-18(8-16)33-15-3-6-21(27)24(30)12-15/h1-12,28-30H,25-27H2. The molecule has 0 bridgehead atoms. The van der Waals surface area contributed by atoms with Crippen LogP contribution in [0.3, 0.4) is 0 Å². The molecule has 4 aromatic rings. The van der Waals surface area contributed by atoms with E-state index in [2.05, 4.69) is 0 Å². The van der Waals surface area contributed by atoms with E-state index in [9.17, 15) is 15.3 Å². The largest absolute Gasteiger partial charge is 0.506 e. The molecule has 9 nitrogen and oxygen atoms in total. The lowest BCUT2D eigenvalue weighted by Gasteiger charge is -2.14. The lowest BCUT2D eigenvalue weighted by atomic mass is 10.2. The predicted octanol–water partition coefficient (Wildman–Crippen LogP) is 4.93. The summed E-state index contributed by atoms with van der Waals surface area (Å²) in [7, 11) is 0. The molecule has 4 rings (SSSR count). The van der Waals surface area contributed by atoms with Crippen molar-refractivity contribution in [3.8, 4) is 51.7 Å². The Morgan fingerprint density at radius 3 is 0.909 bits per heavy atom. The average Bonchev–Trinajstić information content (AvgIpc) is 2.76. The van der Waals surface area contributed by atoms with Crippen molar-refractivity contribution in [1.82, 2.24) is 0 Å².